The fourth-order valence-electron chi connectivity index (χ4n) is 2.09. The van der Waals surface area contributed by atoms with Crippen molar-refractivity contribution in [3.05, 3.63) is 23.7 Å². The second-order valence-electron chi connectivity index (χ2n) is 4.36. The van der Waals surface area contributed by atoms with Gasteiger partial charge >= 0.3 is 0 Å². The molecule has 1 saturated heterocycles. The number of rotatable bonds is 3. The summed E-state index contributed by atoms with van der Waals surface area (Å²) in [5.74, 6) is 0.470. The Hall–Kier alpha value is -1.33. The molecular formula is C12H19N3O2. The van der Waals surface area contributed by atoms with Crippen LogP contribution in [-0.2, 0) is 0 Å². The summed E-state index contributed by atoms with van der Waals surface area (Å²) in [6.45, 7) is 6.75. The molecule has 5 heteroatoms. The third kappa shape index (κ3) is 2.68. The third-order valence-corrected chi connectivity index (χ3v) is 3.16. The van der Waals surface area contributed by atoms with E-state index in [2.05, 4.69) is 4.90 Å². The zero-order valence-electron chi connectivity index (χ0n) is 10.2. The fraction of sp³-hybridized carbons (Fsp3) is 0.583. The van der Waals surface area contributed by atoms with Gasteiger partial charge in [-0.05, 0) is 13.0 Å². The standard InChI is InChI=1S/C12H19N3O2/c1-10-2-9-17-11(10)12(16)15-7-5-14(4-3-13)6-8-15/h2,9H,3-8,13H2,1H3. The van der Waals surface area contributed by atoms with E-state index in [-0.39, 0.29) is 5.91 Å². The summed E-state index contributed by atoms with van der Waals surface area (Å²) in [6.07, 6.45) is 1.56. The van der Waals surface area contributed by atoms with Crippen LogP contribution >= 0.6 is 0 Å². The largest absolute Gasteiger partial charge is 0.459 e. The van der Waals surface area contributed by atoms with Crippen LogP contribution in [0.1, 0.15) is 16.1 Å². The topological polar surface area (TPSA) is 62.7 Å². The molecule has 1 aromatic heterocycles. The summed E-state index contributed by atoms with van der Waals surface area (Å²) >= 11 is 0. The molecule has 94 valence electrons. The number of furan rings is 1. The maximum Gasteiger partial charge on any atom is 0.289 e. The zero-order valence-corrected chi connectivity index (χ0v) is 10.2. The minimum Gasteiger partial charge on any atom is -0.459 e. The molecule has 1 fully saturated rings. The second kappa shape index (κ2) is 5.33. The highest BCUT2D eigenvalue weighted by atomic mass is 16.3. The molecule has 5 nitrogen and oxygen atoms in total. The number of amides is 1. The number of piperazine rings is 1. The Labute approximate surface area is 101 Å². The zero-order chi connectivity index (χ0) is 12.3. The predicted octanol–water partition coefficient (Wildman–Crippen LogP) is 0.305. The number of carbonyl (C=O) groups excluding carboxylic acids is 1. The Balaban J connectivity index is 1.93. The first-order valence-corrected chi connectivity index (χ1v) is 5.98. The normalized spacial score (nSPS) is 17.4. The van der Waals surface area contributed by atoms with Crippen molar-refractivity contribution in [2.24, 2.45) is 5.73 Å². The van der Waals surface area contributed by atoms with Crippen molar-refractivity contribution in [1.82, 2.24) is 9.80 Å². The summed E-state index contributed by atoms with van der Waals surface area (Å²) in [4.78, 5) is 16.3. The van der Waals surface area contributed by atoms with Gasteiger partial charge in [-0.2, -0.15) is 0 Å². The van der Waals surface area contributed by atoms with Crippen LogP contribution in [0.15, 0.2) is 16.7 Å². The molecule has 0 radical (unpaired) electrons. The number of nitrogens with zero attached hydrogens (tertiary/aromatic N) is 2. The van der Waals surface area contributed by atoms with Gasteiger partial charge in [0.05, 0.1) is 6.26 Å². The van der Waals surface area contributed by atoms with E-state index in [9.17, 15) is 4.79 Å². The summed E-state index contributed by atoms with van der Waals surface area (Å²) in [6, 6.07) is 1.82. The molecule has 1 aliphatic heterocycles. The summed E-state index contributed by atoms with van der Waals surface area (Å²) in [5, 5.41) is 0. The van der Waals surface area contributed by atoms with E-state index >= 15 is 0 Å². The average Bonchev–Trinajstić information content (AvgIpc) is 2.76. The molecule has 0 saturated carbocycles. The Morgan fingerprint density at radius 2 is 2.12 bits per heavy atom. The van der Waals surface area contributed by atoms with Gasteiger partial charge in [-0.3, -0.25) is 9.69 Å². The van der Waals surface area contributed by atoms with E-state index in [1.807, 2.05) is 17.9 Å². The van der Waals surface area contributed by atoms with Crippen molar-refractivity contribution in [2.45, 2.75) is 6.92 Å². The van der Waals surface area contributed by atoms with Gasteiger partial charge in [0.1, 0.15) is 0 Å². The lowest BCUT2D eigenvalue weighted by atomic mass is 10.2. The van der Waals surface area contributed by atoms with Gasteiger partial charge in [-0.15, -0.1) is 0 Å². The van der Waals surface area contributed by atoms with Crippen LogP contribution in [0.25, 0.3) is 0 Å². The van der Waals surface area contributed by atoms with Gasteiger partial charge in [-0.1, -0.05) is 0 Å². The van der Waals surface area contributed by atoms with Crippen LogP contribution in [-0.4, -0.2) is 55.0 Å². The van der Waals surface area contributed by atoms with Gasteiger partial charge in [0.25, 0.3) is 5.91 Å². The van der Waals surface area contributed by atoms with Crippen molar-refractivity contribution < 1.29 is 9.21 Å². The Bertz CT molecular complexity index is 381. The van der Waals surface area contributed by atoms with Crippen LogP contribution < -0.4 is 5.73 Å². The molecule has 0 spiro atoms. The molecule has 0 aromatic carbocycles. The van der Waals surface area contributed by atoms with Gasteiger partial charge < -0.3 is 15.1 Å². The monoisotopic (exact) mass is 237 g/mol. The summed E-state index contributed by atoms with van der Waals surface area (Å²) in [5.41, 5.74) is 6.42. The SMILES string of the molecule is Cc1ccoc1C(=O)N1CCN(CCN)CC1. The van der Waals surface area contributed by atoms with Crippen molar-refractivity contribution in [3.63, 3.8) is 0 Å². The maximum absolute atomic E-state index is 12.1. The minimum atomic E-state index is -0.0000940. The molecule has 1 amide bonds. The lowest BCUT2D eigenvalue weighted by Crippen LogP contribution is -2.49. The molecule has 2 N–H and O–H groups in total. The van der Waals surface area contributed by atoms with Crippen LogP contribution in [0.3, 0.4) is 0 Å². The van der Waals surface area contributed by atoms with Crippen LogP contribution in [0, 0.1) is 6.92 Å². The lowest BCUT2D eigenvalue weighted by molar-refractivity contribution is 0.0609. The van der Waals surface area contributed by atoms with E-state index in [4.69, 9.17) is 10.2 Å². The fourth-order valence-corrected chi connectivity index (χ4v) is 2.09. The molecule has 2 rings (SSSR count). The van der Waals surface area contributed by atoms with E-state index in [0.29, 0.717) is 12.3 Å². The quantitative estimate of drug-likeness (QED) is 0.821. The number of hydrogen-bond donors (Lipinski definition) is 1. The molecule has 1 aliphatic rings. The molecule has 1 aromatic rings. The Morgan fingerprint density at radius 1 is 1.41 bits per heavy atom. The van der Waals surface area contributed by atoms with Crippen molar-refractivity contribution in [2.75, 3.05) is 39.3 Å². The average molecular weight is 237 g/mol. The maximum atomic E-state index is 12.1. The smallest absolute Gasteiger partial charge is 0.289 e. The van der Waals surface area contributed by atoms with Gasteiger partial charge in [0, 0.05) is 44.8 Å². The second-order valence-corrected chi connectivity index (χ2v) is 4.36. The Kier molecular flexibility index (Phi) is 3.81. The molecular weight excluding hydrogens is 218 g/mol. The van der Waals surface area contributed by atoms with E-state index in [1.54, 1.807) is 6.26 Å². The molecule has 0 bridgehead atoms. The van der Waals surface area contributed by atoms with E-state index in [1.165, 1.54) is 0 Å². The first-order valence-electron chi connectivity index (χ1n) is 5.98. The number of carbonyl (C=O) groups is 1. The number of aryl methyl sites for hydroxylation is 1. The first kappa shape index (κ1) is 12.1. The van der Waals surface area contributed by atoms with Gasteiger partial charge in [0.15, 0.2) is 5.76 Å². The number of hydrogen-bond acceptors (Lipinski definition) is 4. The highest BCUT2D eigenvalue weighted by Gasteiger charge is 2.24. The summed E-state index contributed by atoms with van der Waals surface area (Å²) in [7, 11) is 0. The lowest BCUT2D eigenvalue weighted by Gasteiger charge is -2.34. The van der Waals surface area contributed by atoms with Crippen LogP contribution in [0.5, 0.6) is 0 Å². The highest BCUT2D eigenvalue weighted by Crippen LogP contribution is 2.13. The summed E-state index contributed by atoms with van der Waals surface area (Å²) < 4.78 is 5.23. The van der Waals surface area contributed by atoms with Crippen LogP contribution in [0.4, 0.5) is 0 Å². The third-order valence-electron chi connectivity index (χ3n) is 3.16. The molecule has 17 heavy (non-hydrogen) atoms. The first-order chi connectivity index (χ1) is 8.22. The van der Waals surface area contributed by atoms with Gasteiger partial charge in [0.2, 0.25) is 0 Å². The number of nitrogens with two attached hydrogens (primary N) is 1. The van der Waals surface area contributed by atoms with Crippen molar-refractivity contribution >= 4 is 5.91 Å². The minimum absolute atomic E-state index is 0.0000940. The van der Waals surface area contributed by atoms with Gasteiger partial charge in [-0.25, -0.2) is 0 Å². The van der Waals surface area contributed by atoms with Crippen LogP contribution in [0.2, 0.25) is 0 Å². The Morgan fingerprint density at radius 3 is 2.65 bits per heavy atom. The van der Waals surface area contributed by atoms with Crippen molar-refractivity contribution in [3.8, 4) is 0 Å². The molecule has 2 heterocycles. The molecule has 0 unspecified atom stereocenters. The predicted molar refractivity (Wildman–Crippen MR) is 64.8 cm³/mol. The van der Waals surface area contributed by atoms with E-state index < -0.39 is 0 Å². The van der Waals surface area contributed by atoms with Crippen molar-refractivity contribution in [1.29, 1.82) is 0 Å². The van der Waals surface area contributed by atoms with E-state index in [0.717, 1.165) is 38.3 Å². The molecule has 0 aliphatic carbocycles. The molecule has 0 atom stereocenters. The highest BCUT2D eigenvalue weighted by molar-refractivity contribution is 5.92.